The maximum Gasteiger partial charge on any atom is 0.331 e. The zero-order valence-corrected chi connectivity index (χ0v) is 23.4. The maximum atomic E-state index is 13.3. The van der Waals surface area contributed by atoms with Crippen molar-refractivity contribution in [1.82, 2.24) is 9.97 Å². The number of hydrogen-bond donors (Lipinski definition) is 1. The Labute approximate surface area is 233 Å². The number of thioether (sulfide) groups is 1. The van der Waals surface area contributed by atoms with E-state index in [1.807, 2.05) is 36.4 Å². The standard InChI is InChI=1S/C30H34N4O4S/c1-4-38-29(36)24(34-26-25(39-19(2)3)27(35)30(26)11-15-37-16-12-30)17-20-5-7-22(8-6-20)33-28-23-18-31-13-9-21(23)10-14-32-28/h5-10,13-14,18-19,24-25H,4,11-12,15-17H2,1-3H3,(H,32,33). The van der Waals surface area contributed by atoms with Gasteiger partial charge >= 0.3 is 5.97 Å². The van der Waals surface area contributed by atoms with Gasteiger partial charge in [-0.05, 0) is 55.0 Å². The highest BCUT2D eigenvalue weighted by atomic mass is 32.2. The summed E-state index contributed by atoms with van der Waals surface area (Å²) >= 11 is 1.61. The molecule has 1 aliphatic carbocycles. The first-order valence-corrected chi connectivity index (χ1v) is 14.4. The van der Waals surface area contributed by atoms with E-state index in [1.165, 1.54) is 0 Å². The van der Waals surface area contributed by atoms with Crippen LogP contribution in [0.3, 0.4) is 0 Å². The Hall–Kier alpha value is -3.30. The van der Waals surface area contributed by atoms with Crippen LogP contribution in [0.15, 0.2) is 60.0 Å². The number of aromatic nitrogens is 2. The molecule has 3 heterocycles. The van der Waals surface area contributed by atoms with Gasteiger partial charge in [-0.2, -0.15) is 0 Å². The first-order valence-electron chi connectivity index (χ1n) is 13.5. The molecule has 3 aromatic rings. The van der Waals surface area contributed by atoms with Crippen LogP contribution in [0.2, 0.25) is 0 Å². The van der Waals surface area contributed by atoms with Gasteiger partial charge < -0.3 is 14.8 Å². The van der Waals surface area contributed by atoms with Crippen molar-refractivity contribution in [2.75, 3.05) is 25.1 Å². The van der Waals surface area contributed by atoms with Crippen molar-refractivity contribution >= 4 is 51.5 Å². The molecule has 2 aromatic heterocycles. The highest BCUT2D eigenvalue weighted by molar-refractivity contribution is 8.02. The molecular formula is C30H34N4O4S. The third-order valence-electron chi connectivity index (χ3n) is 7.27. The number of hydrogen-bond acceptors (Lipinski definition) is 9. The van der Waals surface area contributed by atoms with Crippen molar-refractivity contribution in [3.05, 3.63) is 60.6 Å². The average molecular weight is 547 g/mol. The first-order chi connectivity index (χ1) is 18.9. The number of ketones is 1. The van der Waals surface area contributed by atoms with Crippen LogP contribution in [0, 0.1) is 5.41 Å². The van der Waals surface area contributed by atoms with E-state index in [1.54, 1.807) is 37.3 Å². The van der Waals surface area contributed by atoms with E-state index in [2.05, 4.69) is 29.1 Å². The summed E-state index contributed by atoms with van der Waals surface area (Å²) in [7, 11) is 0. The summed E-state index contributed by atoms with van der Waals surface area (Å²) in [5.41, 5.74) is 2.06. The van der Waals surface area contributed by atoms with E-state index in [4.69, 9.17) is 14.5 Å². The third kappa shape index (κ3) is 5.70. The molecule has 9 heteroatoms. The number of esters is 1. The van der Waals surface area contributed by atoms with Crippen LogP contribution in [-0.4, -0.2) is 63.8 Å². The number of Topliss-reactive ketones (excluding diaryl/α,β-unsaturated/α-hetero) is 1. The summed E-state index contributed by atoms with van der Waals surface area (Å²) in [4.78, 5) is 40.1. The summed E-state index contributed by atoms with van der Waals surface area (Å²) < 4.78 is 11.0. The second-order valence-corrected chi connectivity index (χ2v) is 11.9. The van der Waals surface area contributed by atoms with Gasteiger partial charge in [0.05, 0.1) is 12.0 Å². The lowest BCUT2D eigenvalue weighted by Crippen LogP contribution is -2.63. The van der Waals surface area contributed by atoms with Gasteiger partial charge in [0.2, 0.25) is 0 Å². The minimum atomic E-state index is -0.715. The number of aliphatic imine (C=N–C) groups is 1. The molecule has 1 aliphatic heterocycles. The number of anilines is 2. The third-order valence-corrected chi connectivity index (χ3v) is 8.52. The number of nitrogens with zero attached hydrogens (tertiary/aromatic N) is 3. The average Bonchev–Trinajstić information content (AvgIpc) is 2.95. The number of rotatable bonds is 9. The van der Waals surface area contributed by atoms with Gasteiger partial charge in [-0.1, -0.05) is 26.0 Å². The van der Waals surface area contributed by atoms with Gasteiger partial charge in [0.25, 0.3) is 0 Å². The topological polar surface area (TPSA) is 103 Å². The fourth-order valence-electron chi connectivity index (χ4n) is 5.27. The number of nitrogens with one attached hydrogen (secondary N) is 1. The zero-order valence-electron chi connectivity index (χ0n) is 22.6. The molecule has 1 saturated carbocycles. The summed E-state index contributed by atoms with van der Waals surface area (Å²) in [5.74, 6) is 0.585. The Bertz CT molecular complexity index is 1360. The quantitative estimate of drug-likeness (QED) is 0.367. The van der Waals surface area contributed by atoms with Crippen molar-refractivity contribution in [3.8, 4) is 0 Å². The van der Waals surface area contributed by atoms with Crippen LogP contribution >= 0.6 is 11.8 Å². The Morgan fingerprint density at radius 1 is 1.18 bits per heavy atom. The SMILES string of the molecule is CCOC(=O)C(Cc1ccc(Nc2nccc3ccncc23)cc1)N=C1C(SC(C)C)C(=O)C12CCOCC2. The molecule has 1 aromatic carbocycles. The molecular weight excluding hydrogens is 512 g/mol. The lowest BCUT2D eigenvalue weighted by atomic mass is 9.60. The lowest BCUT2D eigenvalue weighted by Gasteiger charge is -2.49. The van der Waals surface area contributed by atoms with Gasteiger partial charge in [0, 0.05) is 60.3 Å². The van der Waals surface area contributed by atoms with Gasteiger partial charge in [-0.25, -0.2) is 9.78 Å². The lowest BCUT2D eigenvalue weighted by molar-refractivity contribution is -0.144. The van der Waals surface area contributed by atoms with E-state index < -0.39 is 11.5 Å². The molecule has 5 rings (SSSR count). The van der Waals surface area contributed by atoms with Crippen LogP contribution in [0.25, 0.3) is 10.8 Å². The molecule has 1 spiro atoms. The summed E-state index contributed by atoms with van der Waals surface area (Å²) in [5, 5.41) is 5.32. The van der Waals surface area contributed by atoms with Crippen molar-refractivity contribution in [1.29, 1.82) is 0 Å². The smallest absolute Gasteiger partial charge is 0.331 e. The van der Waals surface area contributed by atoms with Crippen LogP contribution in [0.4, 0.5) is 11.5 Å². The molecule has 39 heavy (non-hydrogen) atoms. The highest BCUT2D eigenvalue weighted by Crippen LogP contribution is 2.49. The predicted octanol–water partition coefficient (Wildman–Crippen LogP) is 5.18. The number of pyridine rings is 2. The number of fused-ring (bicyclic) bond motifs is 1. The first kappa shape index (κ1) is 27.3. The second kappa shape index (κ2) is 11.8. The van der Waals surface area contributed by atoms with Crippen molar-refractivity contribution in [2.45, 2.75) is 56.6 Å². The summed E-state index contributed by atoms with van der Waals surface area (Å²) in [6.07, 6.45) is 6.95. The molecule has 0 radical (unpaired) electrons. The number of benzene rings is 1. The number of ether oxygens (including phenoxy) is 2. The maximum absolute atomic E-state index is 13.3. The Morgan fingerprint density at radius 3 is 2.64 bits per heavy atom. The van der Waals surface area contributed by atoms with Crippen LogP contribution < -0.4 is 5.32 Å². The van der Waals surface area contributed by atoms with Crippen LogP contribution in [0.1, 0.15) is 39.2 Å². The van der Waals surface area contributed by atoms with Crippen LogP contribution in [-0.2, 0) is 25.5 Å². The molecule has 204 valence electrons. The normalized spacial score (nSPS) is 20.3. The Kier molecular flexibility index (Phi) is 8.28. The second-order valence-electron chi connectivity index (χ2n) is 10.2. The molecule has 0 amide bonds. The fourth-order valence-corrected chi connectivity index (χ4v) is 6.58. The Morgan fingerprint density at radius 2 is 1.92 bits per heavy atom. The molecule has 2 fully saturated rings. The van der Waals surface area contributed by atoms with Gasteiger partial charge in [-0.3, -0.25) is 14.8 Å². The predicted molar refractivity (Wildman–Crippen MR) is 155 cm³/mol. The molecule has 2 atom stereocenters. The van der Waals surface area contributed by atoms with E-state index in [0.717, 1.165) is 33.6 Å². The molecule has 2 unspecified atom stereocenters. The van der Waals surface area contributed by atoms with Gasteiger partial charge in [0.15, 0.2) is 11.8 Å². The van der Waals surface area contributed by atoms with Crippen molar-refractivity contribution in [2.24, 2.45) is 10.4 Å². The van der Waals surface area contributed by atoms with Crippen LogP contribution in [0.5, 0.6) is 0 Å². The van der Waals surface area contributed by atoms with Crippen molar-refractivity contribution < 1.29 is 19.1 Å². The number of carbonyl (C=O) groups is 2. The minimum Gasteiger partial charge on any atom is -0.464 e. The minimum absolute atomic E-state index is 0.221. The van der Waals surface area contributed by atoms with Gasteiger partial charge in [-0.15, -0.1) is 11.8 Å². The molecule has 0 bridgehead atoms. The zero-order chi connectivity index (χ0) is 27.4. The highest BCUT2D eigenvalue weighted by Gasteiger charge is 2.60. The summed E-state index contributed by atoms with van der Waals surface area (Å²) in [6, 6.07) is 11.1. The van der Waals surface area contributed by atoms with E-state index in [-0.39, 0.29) is 28.9 Å². The molecule has 8 nitrogen and oxygen atoms in total. The fraction of sp³-hybridized carbons (Fsp3) is 0.433. The van der Waals surface area contributed by atoms with Gasteiger partial charge in [0.1, 0.15) is 11.1 Å². The van der Waals surface area contributed by atoms with E-state index in [9.17, 15) is 9.59 Å². The summed E-state index contributed by atoms with van der Waals surface area (Å²) in [6.45, 7) is 7.29. The Balaban J connectivity index is 1.38. The van der Waals surface area contributed by atoms with E-state index in [0.29, 0.717) is 32.5 Å². The van der Waals surface area contributed by atoms with Crippen molar-refractivity contribution in [3.63, 3.8) is 0 Å². The monoisotopic (exact) mass is 546 g/mol. The largest absolute Gasteiger partial charge is 0.464 e. The van der Waals surface area contributed by atoms with E-state index >= 15 is 0 Å². The molecule has 1 saturated heterocycles. The molecule has 1 N–H and O–H groups in total. The molecule has 2 aliphatic rings. The number of carbonyl (C=O) groups excluding carboxylic acids is 2.